The predicted octanol–water partition coefficient (Wildman–Crippen LogP) is 1.40. The van der Waals surface area contributed by atoms with Crippen LogP contribution >= 0.6 is 0 Å². The molecule has 1 unspecified atom stereocenters. The summed E-state index contributed by atoms with van der Waals surface area (Å²) < 4.78 is 0. The third kappa shape index (κ3) is 4.81. The van der Waals surface area contributed by atoms with Crippen molar-refractivity contribution in [2.24, 2.45) is 0 Å². The van der Waals surface area contributed by atoms with Crippen LogP contribution in [0.5, 0.6) is 0 Å². The van der Waals surface area contributed by atoms with Crippen LogP contribution in [0.3, 0.4) is 0 Å². The lowest BCUT2D eigenvalue weighted by Crippen LogP contribution is -2.60. The standard InChI is InChI=1S/C13H29N3/c1-12-10-14-13(2,3)11-16(12)9-7-6-8-15(4)5/h12,14H,6-11H2,1-5H3. The minimum absolute atomic E-state index is 0.286. The second-order valence-corrected chi connectivity index (χ2v) is 6.09. The number of nitrogens with one attached hydrogen (secondary N) is 1. The van der Waals surface area contributed by atoms with Crippen LogP contribution in [0.25, 0.3) is 0 Å². The van der Waals surface area contributed by atoms with Crippen LogP contribution in [0, 0.1) is 0 Å². The Labute approximate surface area is 101 Å². The molecule has 0 spiro atoms. The van der Waals surface area contributed by atoms with Gasteiger partial charge in [0.15, 0.2) is 0 Å². The van der Waals surface area contributed by atoms with E-state index in [-0.39, 0.29) is 5.54 Å². The fourth-order valence-corrected chi connectivity index (χ4v) is 2.31. The van der Waals surface area contributed by atoms with Gasteiger partial charge in [0.05, 0.1) is 0 Å². The molecule has 3 heteroatoms. The average molecular weight is 227 g/mol. The van der Waals surface area contributed by atoms with Gasteiger partial charge >= 0.3 is 0 Å². The Balaban J connectivity index is 2.24. The molecule has 1 fully saturated rings. The van der Waals surface area contributed by atoms with Gasteiger partial charge in [-0.2, -0.15) is 0 Å². The van der Waals surface area contributed by atoms with Crippen molar-refractivity contribution in [1.29, 1.82) is 0 Å². The lowest BCUT2D eigenvalue weighted by atomic mass is 9.99. The molecule has 3 nitrogen and oxygen atoms in total. The summed E-state index contributed by atoms with van der Waals surface area (Å²) in [7, 11) is 4.30. The van der Waals surface area contributed by atoms with E-state index in [0.717, 1.165) is 6.54 Å². The molecule has 1 atom stereocenters. The molecule has 1 aliphatic rings. The van der Waals surface area contributed by atoms with Crippen LogP contribution in [0.1, 0.15) is 33.6 Å². The van der Waals surface area contributed by atoms with E-state index in [1.165, 1.54) is 32.5 Å². The Hall–Kier alpha value is -0.120. The molecule has 1 N–H and O–H groups in total. The van der Waals surface area contributed by atoms with Crippen molar-refractivity contribution >= 4 is 0 Å². The SMILES string of the molecule is CC1CNC(C)(C)CN1CCCCN(C)C. The maximum atomic E-state index is 3.60. The molecule has 1 rings (SSSR count). The van der Waals surface area contributed by atoms with Crippen LogP contribution < -0.4 is 5.32 Å². The van der Waals surface area contributed by atoms with Crippen molar-refractivity contribution in [3.05, 3.63) is 0 Å². The monoisotopic (exact) mass is 227 g/mol. The van der Waals surface area contributed by atoms with Crippen LogP contribution in [0.2, 0.25) is 0 Å². The molecule has 0 aromatic carbocycles. The minimum atomic E-state index is 0.286. The van der Waals surface area contributed by atoms with Gasteiger partial charge in [-0.15, -0.1) is 0 Å². The Morgan fingerprint density at radius 2 is 2.00 bits per heavy atom. The molecule has 0 saturated carbocycles. The fourth-order valence-electron chi connectivity index (χ4n) is 2.31. The molecular formula is C13H29N3. The Morgan fingerprint density at radius 3 is 2.62 bits per heavy atom. The number of hydrogen-bond acceptors (Lipinski definition) is 3. The number of unbranched alkanes of at least 4 members (excludes halogenated alkanes) is 1. The van der Waals surface area contributed by atoms with Crippen LogP contribution in [0.4, 0.5) is 0 Å². The van der Waals surface area contributed by atoms with E-state index in [0.29, 0.717) is 6.04 Å². The van der Waals surface area contributed by atoms with E-state index in [1.807, 2.05) is 0 Å². The number of nitrogens with zero attached hydrogens (tertiary/aromatic N) is 2. The number of hydrogen-bond donors (Lipinski definition) is 1. The smallest absolute Gasteiger partial charge is 0.0252 e. The van der Waals surface area contributed by atoms with Crippen molar-refractivity contribution in [3.63, 3.8) is 0 Å². The summed E-state index contributed by atoms with van der Waals surface area (Å²) in [5.41, 5.74) is 0.286. The van der Waals surface area contributed by atoms with Crippen molar-refractivity contribution in [2.45, 2.75) is 45.2 Å². The molecule has 1 aliphatic heterocycles. The third-order valence-electron chi connectivity index (χ3n) is 3.40. The second-order valence-electron chi connectivity index (χ2n) is 6.09. The predicted molar refractivity (Wildman–Crippen MR) is 70.9 cm³/mol. The highest BCUT2D eigenvalue weighted by molar-refractivity contribution is 4.90. The molecule has 16 heavy (non-hydrogen) atoms. The first kappa shape index (κ1) is 13.9. The van der Waals surface area contributed by atoms with E-state index in [2.05, 4.69) is 50.0 Å². The molecule has 0 radical (unpaired) electrons. The van der Waals surface area contributed by atoms with Crippen molar-refractivity contribution in [2.75, 3.05) is 40.3 Å². The summed E-state index contributed by atoms with van der Waals surface area (Å²) in [6, 6.07) is 0.687. The maximum absolute atomic E-state index is 3.60. The molecule has 1 heterocycles. The zero-order valence-corrected chi connectivity index (χ0v) is 11.7. The van der Waals surface area contributed by atoms with Gasteiger partial charge in [-0.3, -0.25) is 4.90 Å². The highest BCUT2D eigenvalue weighted by Gasteiger charge is 2.29. The summed E-state index contributed by atoms with van der Waals surface area (Å²) in [4.78, 5) is 4.90. The van der Waals surface area contributed by atoms with Crippen molar-refractivity contribution < 1.29 is 0 Å². The lowest BCUT2D eigenvalue weighted by Gasteiger charge is -2.43. The first-order chi connectivity index (χ1) is 7.41. The molecule has 1 saturated heterocycles. The molecule has 0 aliphatic carbocycles. The largest absolute Gasteiger partial charge is 0.309 e. The Bertz CT molecular complexity index is 201. The summed E-state index contributed by atoms with van der Waals surface area (Å²) in [6.45, 7) is 11.7. The van der Waals surface area contributed by atoms with Crippen LogP contribution in [0.15, 0.2) is 0 Å². The van der Waals surface area contributed by atoms with E-state index < -0.39 is 0 Å². The highest BCUT2D eigenvalue weighted by Crippen LogP contribution is 2.15. The van der Waals surface area contributed by atoms with E-state index in [4.69, 9.17) is 0 Å². The van der Waals surface area contributed by atoms with Gasteiger partial charge in [0, 0.05) is 24.7 Å². The molecule has 96 valence electrons. The number of rotatable bonds is 5. The normalized spacial score (nSPS) is 26.2. The number of piperazine rings is 1. The summed E-state index contributed by atoms with van der Waals surface area (Å²) in [6.07, 6.45) is 2.63. The molecule has 0 aromatic rings. The lowest BCUT2D eigenvalue weighted by molar-refractivity contribution is 0.102. The zero-order valence-electron chi connectivity index (χ0n) is 11.7. The first-order valence-electron chi connectivity index (χ1n) is 6.54. The second kappa shape index (κ2) is 5.99. The highest BCUT2D eigenvalue weighted by atomic mass is 15.2. The van der Waals surface area contributed by atoms with Crippen molar-refractivity contribution in [3.8, 4) is 0 Å². The van der Waals surface area contributed by atoms with Gasteiger partial charge in [0.2, 0.25) is 0 Å². The molecule has 0 aromatic heterocycles. The van der Waals surface area contributed by atoms with Gasteiger partial charge in [0.1, 0.15) is 0 Å². The topological polar surface area (TPSA) is 18.5 Å². The zero-order chi connectivity index (χ0) is 12.2. The Kier molecular flexibility index (Phi) is 5.22. The third-order valence-corrected chi connectivity index (χ3v) is 3.40. The summed E-state index contributed by atoms with van der Waals surface area (Å²) in [5, 5.41) is 3.60. The van der Waals surface area contributed by atoms with Crippen LogP contribution in [-0.2, 0) is 0 Å². The van der Waals surface area contributed by atoms with Gasteiger partial charge in [-0.25, -0.2) is 0 Å². The maximum Gasteiger partial charge on any atom is 0.0252 e. The average Bonchev–Trinajstić information content (AvgIpc) is 2.17. The first-order valence-corrected chi connectivity index (χ1v) is 6.54. The molecular weight excluding hydrogens is 198 g/mol. The van der Waals surface area contributed by atoms with Gasteiger partial charge in [-0.1, -0.05) is 0 Å². The molecule has 0 amide bonds. The van der Waals surface area contributed by atoms with Gasteiger partial charge in [0.25, 0.3) is 0 Å². The molecule has 0 bridgehead atoms. The fraction of sp³-hybridized carbons (Fsp3) is 1.00. The quantitative estimate of drug-likeness (QED) is 0.716. The summed E-state index contributed by atoms with van der Waals surface area (Å²) in [5.74, 6) is 0. The van der Waals surface area contributed by atoms with E-state index in [1.54, 1.807) is 0 Å². The van der Waals surface area contributed by atoms with E-state index in [9.17, 15) is 0 Å². The van der Waals surface area contributed by atoms with Gasteiger partial charge < -0.3 is 10.2 Å². The van der Waals surface area contributed by atoms with Crippen molar-refractivity contribution in [1.82, 2.24) is 15.1 Å². The Morgan fingerprint density at radius 1 is 1.31 bits per heavy atom. The summed E-state index contributed by atoms with van der Waals surface area (Å²) >= 11 is 0. The van der Waals surface area contributed by atoms with Crippen LogP contribution in [-0.4, -0.2) is 61.7 Å². The van der Waals surface area contributed by atoms with E-state index >= 15 is 0 Å². The van der Waals surface area contributed by atoms with Gasteiger partial charge in [-0.05, 0) is 60.8 Å². The minimum Gasteiger partial charge on any atom is -0.309 e.